The summed E-state index contributed by atoms with van der Waals surface area (Å²) in [4.78, 5) is 0. The van der Waals surface area contributed by atoms with Gasteiger partial charge in [-0.05, 0) is 56.1 Å². The highest BCUT2D eigenvalue weighted by molar-refractivity contribution is 6.31. The first-order valence-corrected chi connectivity index (χ1v) is 6.72. The number of nitrogens with two attached hydrogens (primary N) is 1. The van der Waals surface area contributed by atoms with Crippen LogP contribution in [0.4, 0.5) is 0 Å². The molecule has 0 unspecified atom stereocenters. The molecule has 0 atom stereocenters. The lowest BCUT2D eigenvalue weighted by molar-refractivity contribution is 0.472. The number of rotatable bonds is 4. The molecule has 0 radical (unpaired) electrons. The van der Waals surface area contributed by atoms with Gasteiger partial charge in [0, 0.05) is 10.6 Å². The molecule has 100 valence electrons. The van der Waals surface area contributed by atoms with Crippen molar-refractivity contribution >= 4 is 11.6 Å². The van der Waals surface area contributed by atoms with Gasteiger partial charge in [0.25, 0.3) is 0 Å². The first-order chi connectivity index (χ1) is 9.11. The van der Waals surface area contributed by atoms with Gasteiger partial charge < -0.3 is 10.5 Å². The lowest BCUT2D eigenvalue weighted by Crippen LogP contribution is -2.05. The molecule has 2 nitrogen and oxygen atoms in total. The Kier molecular flexibility index (Phi) is 4.46. The second kappa shape index (κ2) is 6.09. The standard InChI is InChI=1S/C16H18ClNO/c1-11-6-7-12(2)16(10-11)19-15-5-3-4-14(17)13(15)8-9-18/h3-7,10H,8-9,18H2,1-2H3. The van der Waals surface area contributed by atoms with Crippen LogP contribution in [0.15, 0.2) is 36.4 Å². The Hall–Kier alpha value is -1.51. The molecule has 0 aromatic heterocycles. The van der Waals surface area contributed by atoms with Gasteiger partial charge >= 0.3 is 0 Å². The fourth-order valence-electron chi connectivity index (χ4n) is 1.96. The van der Waals surface area contributed by atoms with E-state index in [4.69, 9.17) is 22.1 Å². The van der Waals surface area contributed by atoms with Crippen molar-refractivity contribution in [3.8, 4) is 11.5 Å². The molecule has 2 aromatic rings. The maximum Gasteiger partial charge on any atom is 0.132 e. The van der Waals surface area contributed by atoms with E-state index in [1.807, 2.05) is 38.1 Å². The second-order valence-electron chi connectivity index (χ2n) is 4.63. The molecule has 2 N–H and O–H groups in total. The fourth-order valence-corrected chi connectivity index (χ4v) is 2.22. The Balaban J connectivity index is 2.37. The molecule has 2 rings (SSSR count). The van der Waals surface area contributed by atoms with E-state index in [1.165, 1.54) is 5.56 Å². The number of benzene rings is 2. The number of aryl methyl sites for hydroxylation is 2. The van der Waals surface area contributed by atoms with Crippen LogP contribution in [0.3, 0.4) is 0 Å². The minimum atomic E-state index is 0.549. The Labute approximate surface area is 119 Å². The monoisotopic (exact) mass is 275 g/mol. The van der Waals surface area contributed by atoms with Crippen LogP contribution in [0, 0.1) is 13.8 Å². The first-order valence-electron chi connectivity index (χ1n) is 6.34. The van der Waals surface area contributed by atoms with E-state index in [9.17, 15) is 0 Å². The van der Waals surface area contributed by atoms with Crippen molar-refractivity contribution < 1.29 is 4.74 Å². The molecule has 3 heteroatoms. The molecule has 0 aliphatic carbocycles. The molecule has 0 saturated carbocycles. The Morgan fingerprint density at radius 1 is 1.11 bits per heavy atom. The van der Waals surface area contributed by atoms with Crippen molar-refractivity contribution in [3.63, 3.8) is 0 Å². The van der Waals surface area contributed by atoms with Crippen LogP contribution in [0.2, 0.25) is 5.02 Å². The zero-order valence-electron chi connectivity index (χ0n) is 11.2. The summed E-state index contributed by atoms with van der Waals surface area (Å²) in [6.45, 7) is 4.62. The van der Waals surface area contributed by atoms with E-state index in [2.05, 4.69) is 12.1 Å². The van der Waals surface area contributed by atoms with Crippen LogP contribution in [0.1, 0.15) is 16.7 Å². The molecule has 2 aromatic carbocycles. The zero-order chi connectivity index (χ0) is 13.8. The van der Waals surface area contributed by atoms with E-state index < -0.39 is 0 Å². The van der Waals surface area contributed by atoms with Crippen molar-refractivity contribution in [2.45, 2.75) is 20.3 Å². The predicted octanol–water partition coefficient (Wildman–Crippen LogP) is 4.25. The molecule has 0 spiro atoms. The quantitative estimate of drug-likeness (QED) is 0.905. The van der Waals surface area contributed by atoms with Crippen molar-refractivity contribution in [1.82, 2.24) is 0 Å². The number of hydrogen-bond donors (Lipinski definition) is 1. The van der Waals surface area contributed by atoms with Crippen molar-refractivity contribution in [2.24, 2.45) is 5.73 Å². The minimum Gasteiger partial charge on any atom is -0.457 e. The average Bonchev–Trinajstić information content (AvgIpc) is 2.38. The van der Waals surface area contributed by atoms with Crippen molar-refractivity contribution in [3.05, 3.63) is 58.1 Å². The normalized spacial score (nSPS) is 10.5. The third-order valence-corrected chi connectivity index (χ3v) is 3.39. The van der Waals surface area contributed by atoms with E-state index >= 15 is 0 Å². The molecule has 0 amide bonds. The molecule has 0 saturated heterocycles. The topological polar surface area (TPSA) is 35.2 Å². The van der Waals surface area contributed by atoms with E-state index in [0.29, 0.717) is 18.0 Å². The molecular formula is C16H18ClNO. The molecule has 0 aliphatic heterocycles. The van der Waals surface area contributed by atoms with E-state index in [-0.39, 0.29) is 0 Å². The zero-order valence-corrected chi connectivity index (χ0v) is 12.0. The minimum absolute atomic E-state index is 0.549. The summed E-state index contributed by atoms with van der Waals surface area (Å²) in [5.41, 5.74) is 8.87. The Bertz CT molecular complexity index is 581. The van der Waals surface area contributed by atoms with Gasteiger partial charge in [0.05, 0.1) is 0 Å². The maximum absolute atomic E-state index is 6.21. The molecule has 0 fully saturated rings. The smallest absolute Gasteiger partial charge is 0.132 e. The largest absolute Gasteiger partial charge is 0.457 e. The summed E-state index contributed by atoms with van der Waals surface area (Å²) >= 11 is 6.21. The summed E-state index contributed by atoms with van der Waals surface area (Å²) < 4.78 is 6.01. The van der Waals surface area contributed by atoms with Crippen LogP contribution in [0.5, 0.6) is 11.5 Å². The molecule has 0 heterocycles. The van der Waals surface area contributed by atoms with Crippen LogP contribution in [-0.4, -0.2) is 6.54 Å². The van der Waals surface area contributed by atoms with Gasteiger partial charge in [-0.3, -0.25) is 0 Å². The summed E-state index contributed by atoms with van der Waals surface area (Å²) in [6, 6.07) is 11.8. The summed E-state index contributed by atoms with van der Waals surface area (Å²) in [5, 5.41) is 0.702. The molecule has 0 aliphatic rings. The van der Waals surface area contributed by atoms with Crippen LogP contribution in [-0.2, 0) is 6.42 Å². The lowest BCUT2D eigenvalue weighted by atomic mass is 10.1. The van der Waals surface area contributed by atoms with Gasteiger partial charge in [-0.1, -0.05) is 29.8 Å². The van der Waals surface area contributed by atoms with Crippen LogP contribution < -0.4 is 10.5 Å². The van der Waals surface area contributed by atoms with Gasteiger partial charge in [0.1, 0.15) is 11.5 Å². The van der Waals surface area contributed by atoms with Crippen LogP contribution >= 0.6 is 11.6 Å². The summed E-state index contributed by atoms with van der Waals surface area (Å²) in [7, 11) is 0. The number of ether oxygens (including phenoxy) is 1. The lowest BCUT2D eigenvalue weighted by Gasteiger charge is -2.14. The molecular weight excluding hydrogens is 258 g/mol. The van der Waals surface area contributed by atoms with Crippen LogP contribution in [0.25, 0.3) is 0 Å². The van der Waals surface area contributed by atoms with Crippen molar-refractivity contribution in [1.29, 1.82) is 0 Å². The first kappa shape index (κ1) is 13.9. The highest BCUT2D eigenvalue weighted by Crippen LogP contribution is 2.32. The summed E-state index contributed by atoms with van der Waals surface area (Å²) in [5.74, 6) is 1.65. The Morgan fingerprint density at radius 2 is 1.89 bits per heavy atom. The SMILES string of the molecule is Cc1ccc(C)c(Oc2cccc(Cl)c2CCN)c1. The van der Waals surface area contributed by atoms with Gasteiger partial charge in [0.15, 0.2) is 0 Å². The van der Waals surface area contributed by atoms with Gasteiger partial charge in [-0.25, -0.2) is 0 Å². The number of hydrogen-bond acceptors (Lipinski definition) is 2. The molecule has 0 bridgehead atoms. The summed E-state index contributed by atoms with van der Waals surface area (Å²) in [6.07, 6.45) is 0.708. The fraction of sp³-hybridized carbons (Fsp3) is 0.250. The van der Waals surface area contributed by atoms with E-state index in [0.717, 1.165) is 22.6 Å². The maximum atomic E-state index is 6.21. The van der Waals surface area contributed by atoms with Crippen molar-refractivity contribution in [2.75, 3.05) is 6.54 Å². The highest BCUT2D eigenvalue weighted by atomic mass is 35.5. The second-order valence-corrected chi connectivity index (χ2v) is 5.03. The molecule has 19 heavy (non-hydrogen) atoms. The number of halogens is 1. The third kappa shape index (κ3) is 3.28. The van der Waals surface area contributed by atoms with E-state index in [1.54, 1.807) is 0 Å². The predicted molar refractivity (Wildman–Crippen MR) is 80.2 cm³/mol. The van der Waals surface area contributed by atoms with Gasteiger partial charge in [-0.15, -0.1) is 0 Å². The Morgan fingerprint density at radius 3 is 2.63 bits per heavy atom. The highest BCUT2D eigenvalue weighted by Gasteiger charge is 2.09. The average molecular weight is 276 g/mol. The van der Waals surface area contributed by atoms with Gasteiger partial charge in [0.2, 0.25) is 0 Å². The third-order valence-electron chi connectivity index (χ3n) is 3.03. The van der Waals surface area contributed by atoms with Gasteiger partial charge in [-0.2, -0.15) is 0 Å².